The summed E-state index contributed by atoms with van der Waals surface area (Å²) < 4.78 is 38.9. The van der Waals surface area contributed by atoms with Gasteiger partial charge in [-0.3, -0.25) is 4.79 Å². The molecule has 0 amide bonds. The molecule has 3 aliphatic rings. The second-order valence-corrected chi connectivity index (χ2v) is 11.1. The molecule has 9 heteroatoms. The Morgan fingerprint density at radius 1 is 1.19 bits per heavy atom. The lowest BCUT2D eigenvalue weighted by Crippen LogP contribution is -2.40. The molecule has 0 radical (unpaired) electrons. The topological polar surface area (TPSA) is 55.9 Å². The van der Waals surface area contributed by atoms with E-state index in [-0.39, 0.29) is 29.9 Å². The molecule has 36 heavy (non-hydrogen) atoms. The molecule has 1 saturated carbocycles. The number of rotatable bonds is 7. The number of morpholine rings is 1. The summed E-state index contributed by atoms with van der Waals surface area (Å²) in [5.41, 5.74) is 1.77. The van der Waals surface area contributed by atoms with E-state index in [0.717, 1.165) is 50.9 Å². The predicted octanol–water partition coefficient (Wildman–Crippen LogP) is 4.45. The minimum atomic E-state index is -2.61. The number of hydrogen-bond acceptors (Lipinski definition) is 4. The van der Waals surface area contributed by atoms with Gasteiger partial charge in [-0.05, 0) is 60.2 Å². The Labute approximate surface area is 209 Å². The zero-order valence-corrected chi connectivity index (χ0v) is 20.9. The number of alkyl halides is 2. The lowest BCUT2D eigenvalue weighted by Gasteiger charge is -2.31. The van der Waals surface area contributed by atoms with Crippen LogP contribution in [0.2, 0.25) is 0 Å². The van der Waals surface area contributed by atoms with Gasteiger partial charge in [0.25, 0.3) is 6.43 Å². The minimum Gasteiger partial charge on any atom is -0.374 e. The summed E-state index contributed by atoms with van der Waals surface area (Å²) in [7, 11) is 0. The second kappa shape index (κ2) is 9.25. The zero-order valence-electron chi connectivity index (χ0n) is 20.9. The third-order valence-electron chi connectivity index (χ3n) is 8.57. The summed E-state index contributed by atoms with van der Waals surface area (Å²) in [5.74, 6) is 1.13. The van der Waals surface area contributed by atoms with Crippen LogP contribution in [0.4, 0.5) is 14.5 Å². The summed E-state index contributed by atoms with van der Waals surface area (Å²) in [6.45, 7) is 6.07. The lowest BCUT2D eigenvalue weighted by molar-refractivity contribution is -0.624. The van der Waals surface area contributed by atoms with Crippen LogP contribution in [0.15, 0.2) is 37.1 Å². The molecule has 2 aliphatic heterocycles. The van der Waals surface area contributed by atoms with Crippen LogP contribution in [-0.2, 0) is 11.2 Å². The molecule has 0 spiro atoms. The summed E-state index contributed by atoms with van der Waals surface area (Å²) in [6.07, 6.45) is 11.4. The van der Waals surface area contributed by atoms with Crippen LogP contribution >= 0.6 is 0 Å². The van der Waals surface area contributed by atoms with Crippen molar-refractivity contribution < 1.29 is 22.8 Å². The number of carbonyl (C=O) groups is 1. The maximum absolute atomic E-state index is 14.0. The number of ketones is 1. The van der Waals surface area contributed by atoms with E-state index < -0.39 is 6.43 Å². The molecule has 2 bridgehead atoms. The monoisotopic (exact) mass is 498 g/mol. The molecule has 0 aromatic carbocycles. The third-order valence-corrected chi connectivity index (χ3v) is 8.57. The van der Waals surface area contributed by atoms with Crippen molar-refractivity contribution in [1.82, 2.24) is 14.3 Å². The van der Waals surface area contributed by atoms with Gasteiger partial charge in [0, 0.05) is 42.1 Å². The van der Waals surface area contributed by atoms with E-state index in [0.29, 0.717) is 29.1 Å². The van der Waals surface area contributed by atoms with Crippen molar-refractivity contribution in [3.8, 4) is 0 Å². The smallest absolute Gasteiger partial charge is 0.265 e. The van der Waals surface area contributed by atoms with Gasteiger partial charge in [-0.2, -0.15) is 0 Å². The molecule has 6 rings (SSSR count). The number of Topliss-reactive ketones (excluding diaryl/α,β-unsaturated/α-hetero) is 1. The van der Waals surface area contributed by atoms with Crippen LogP contribution < -0.4 is 9.42 Å². The van der Waals surface area contributed by atoms with Gasteiger partial charge in [-0.1, -0.05) is 13.8 Å². The Morgan fingerprint density at radius 2 is 2.00 bits per heavy atom. The molecule has 2 atom stereocenters. The number of carbonyl (C=O) groups excluding carboxylic acids is 1. The quantitative estimate of drug-likeness (QED) is 0.357. The zero-order chi connectivity index (χ0) is 25.0. The fourth-order valence-electron chi connectivity index (χ4n) is 6.40. The first-order valence-electron chi connectivity index (χ1n) is 13.2. The van der Waals surface area contributed by atoms with Gasteiger partial charge in [-0.15, -0.1) is 4.52 Å². The molecule has 0 unspecified atom stereocenters. The van der Waals surface area contributed by atoms with Crippen molar-refractivity contribution in [2.24, 2.45) is 11.8 Å². The highest BCUT2D eigenvalue weighted by Crippen LogP contribution is 2.37. The van der Waals surface area contributed by atoms with E-state index in [1.165, 1.54) is 6.20 Å². The van der Waals surface area contributed by atoms with Gasteiger partial charge in [-0.25, -0.2) is 8.78 Å². The average Bonchev–Trinajstić information content (AvgIpc) is 3.66. The summed E-state index contributed by atoms with van der Waals surface area (Å²) in [4.78, 5) is 15.7. The van der Waals surface area contributed by atoms with E-state index in [4.69, 9.17) is 4.74 Å². The van der Waals surface area contributed by atoms with Gasteiger partial charge in [0.2, 0.25) is 17.7 Å². The maximum atomic E-state index is 14.0. The van der Waals surface area contributed by atoms with Gasteiger partial charge >= 0.3 is 0 Å². The van der Waals surface area contributed by atoms with Crippen molar-refractivity contribution in [2.75, 3.05) is 18.1 Å². The Hall–Kier alpha value is -2.81. The van der Waals surface area contributed by atoms with Gasteiger partial charge < -0.3 is 14.2 Å². The second-order valence-electron chi connectivity index (χ2n) is 11.1. The first-order valence-corrected chi connectivity index (χ1v) is 13.2. The number of halogens is 2. The Bertz CT molecular complexity index is 1260. The number of nitrogens with zero attached hydrogens (tertiary/aromatic N) is 5. The highest BCUT2D eigenvalue weighted by Gasteiger charge is 2.39. The number of anilines is 1. The van der Waals surface area contributed by atoms with E-state index in [9.17, 15) is 13.6 Å². The molecule has 3 fully saturated rings. The van der Waals surface area contributed by atoms with Crippen LogP contribution in [-0.4, -0.2) is 45.4 Å². The Balaban J connectivity index is 1.23. The van der Waals surface area contributed by atoms with Crippen LogP contribution in [0, 0.1) is 11.8 Å². The molecule has 2 saturated heterocycles. The molecule has 7 nitrogen and oxygen atoms in total. The largest absolute Gasteiger partial charge is 0.374 e. The van der Waals surface area contributed by atoms with Crippen LogP contribution in [0.3, 0.4) is 0 Å². The lowest BCUT2D eigenvalue weighted by atomic mass is 9.79. The summed E-state index contributed by atoms with van der Waals surface area (Å²) in [6, 6.07) is 2.56. The van der Waals surface area contributed by atoms with Gasteiger partial charge in [0.05, 0.1) is 30.6 Å². The molecule has 1 aliphatic carbocycles. The number of hydrogen-bond donors (Lipinski definition) is 0. The van der Waals surface area contributed by atoms with E-state index >= 15 is 0 Å². The molecular weight excluding hydrogens is 464 g/mol. The highest BCUT2D eigenvalue weighted by molar-refractivity contribution is 5.94. The average molecular weight is 499 g/mol. The Morgan fingerprint density at radius 3 is 2.67 bits per heavy atom. The van der Waals surface area contributed by atoms with Gasteiger partial charge in [0.1, 0.15) is 6.20 Å². The van der Waals surface area contributed by atoms with Crippen molar-refractivity contribution in [1.29, 1.82) is 0 Å². The van der Waals surface area contributed by atoms with Crippen molar-refractivity contribution in [3.63, 3.8) is 0 Å². The van der Waals surface area contributed by atoms with E-state index in [1.54, 1.807) is 21.5 Å². The maximum Gasteiger partial charge on any atom is 0.265 e. The van der Waals surface area contributed by atoms with Crippen LogP contribution in [0.25, 0.3) is 0 Å². The van der Waals surface area contributed by atoms with Crippen LogP contribution in [0.5, 0.6) is 0 Å². The van der Waals surface area contributed by atoms with Gasteiger partial charge in [0.15, 0.2) is 0 Å². The molecular formula is C27H34F2N5O2+. The first kappa shape index (κ1) is 23.6. The Kier molecular flexibility index (Phi) is 6.06. The molecule has 192 valence electrons. The fraction of sp³-hybridized carbons (Fsp3) is 0.593. The minimum absolute atomic E-state index is 0.0374. The standard InChI is InChI=1S/C27H34F2N5O2/c1-17(2)18-3-5-20(6-4-18)31-12-19(24(15-31)27(28)29)9-26(35)25-11-30-34-8-7-21(13-33(25)34)32-14-23-10-22(32)16-36-23/h7-8,11-13,15,17-18,20,22-23,27H,3-6,9-10,14,16H2,1-2H3/q+1/t18?,20?,22-,23-/m1/s1. The first-order chi connectivity index (χ1) is 17.4. The van der Waals surface area contributed by atoms with E-state index in [1.807, 2.05) is 23.0 Å². The van der Waals surface area contributed by atoms with Crippen molar-refractivity contribution >= 4 is 11.5 Å². The molecule has 3 aromatic rings. The SMILES string of the molecule is CC(C)C1CCC(n2cc(CC(=O)c3cnn4ccc(N5C[C@H]6C[C@@H]5CO6)c[n+]34)c(C(F)F)c2)CC1. The van der Waals surface area contributed by atoms with Crippen LogP contribution in [0.1, 0.15) is 80.0 Å². The fourth-order valence-corrected chi connectivity index (χ4v) is 6.40. The van der Waals surface area contributed by atoms with Crippen molar-refractivity contribution in [2.45, 2.75) is 77.0 Å². The highest BCUT2D eigenvalue weighted by atomic mass is 19.3. The van der Waals surface area contributed by atoms with E-state index in [2.05, 4.69) is 23.8 Å². The molecule has 3 aromatic heterocycles. The summed E-state index contributed by atoms with van der Waals surface area (Å²) >= 11 is 0. The predicted molar refractivity (Wildman–Crippen MR) is 130 cm³/mol. The molecule has 0 N–H and O–H groups in total. The summed E-state index contributed by atoms with van der Waals surface area (Å²) in [5, 5.41) is 4.32. The molecule has 5 heterocycles. The third kappa shape index (κ3) is 4.21. The van der Waals surface area contributed by atoms with Crippen molar-refractivity contribution in [3.05, 3.63) is 53.9 Å². The normalized spacial score (nSPS) is 26.1. The number of aromatic nitrogens is 4. The number of fused-ring (bicyclic) bond motifs is 3. The number of ether oxygens (including phenoxy) is 1.